The molecule has 17 heavy (non-hydrogen) atoms. The Hall–Kier alpha value is -1.66. The molecule has 0 unspecified atom stereocenters. The minimum atomic E-state index is -0.806. The van der Waals surface area contributed by atoms with Crippen molar-refractivity contribution < 1.29 is 9.84 Å². The van der Waals surface area contributed by atoms with Crippen LogP contribution in [0, 0.1) is 6.92 Å². The summed E-state index contributed by atoms with van der Waals surface area (Å²) in [6.45, 7) is 6.99. The highest BCUT2D eigenvalue weighted by molar-refractivity contribution is 5.15. The first-order chi connectivity index (χ1) is 7.91. The van der Waals surface area contributed by atoms with Gasteiger partial charge in [-0.25, -0.2) is 4.79 Å². The first kappa shape index (κ1) is 11.8. The number of hydrogen-bond donors (Lipinski definition) is 2. The van der Waals surface area contributed by atoms with Gasteiger partial charge in [-0.3, -0.25) is 14.3 Å². The molecule has 6 nitrogen and oxygen atoms in total. The van der Waals surface area contributed by atoms with Gasteiger partial charge < -0.3 is 9.84 Å². The number of ether oxygens (including phenoxy) is 1. The number of aliphatic hydroxyl groups is 1. The number of rotatable bonds is 1. The average Bonchev–Trinajstić information content (AvgIpc) is 2.51. The fourth-order valence-corrected chi connectivity index (χ4v) is 1.82. The van der Waals surface area contributed by atoms with Crippen LogP contribution in [-0.4, -0.2) is 26.9 Å². The van der Waals surface area contributed by atoms with E-state index in [0.717, 1.165) is 0 Å². The minimum Gasteiger partial charge on any atom is -0.386 e. The lowest BCUT2D eigenvalue weighted by Crippen LogP contribution is -2.33. The number of aromatic amines is 1. The molecule has 0 spiro atoms. The summed E-state index contributed by atoms with van der Waals surface area (Å²) in [5, 5.41) is 9.70. The third kappa shape index (κ3) is 1.85. The predicted octanol–water partition coefficient (Wildman–Crippen LogP) is -0.321. The smallest absolute Gasteiger partial charge is 0.330 e. The Morgan fingerprint density at radius 3 is 2.71 bits per heavy atom. The molecule has 1 saturated heterocycles. The van der Waals surface area contributed by atoms with Gasteiger partial charge in [0.1, 0.15) is 6.10 Å². The first-order valence-corrected chi connectivity index (χ1v) is 5.26. The number of aryl methyl sites for hydroxylation is 1. The molecule has 0 saturated carbocycles. The van der Waals surface area contributed by atoms with E-state index in [9.17, 15) is 14.7 Å². The summed E-state index contributed by atoms with van der Waals surface area (Å²) in [6.07, 6.45) is -0.560. The number of nitrogens with one attached hydrogen (secondary N) is 1. The molecule has 0 aliphatic carbocycles. The van der Waals surface area contributed by atoms with Crippen LogP contribution >= 0.6 is 0 Å². The normalized spacial score (nSPS) is 28.6. The highest BCUT2D eigenvalue weighted by Gasteiger charge is 2.36. The number of hydrogen-bond acceptors (Lipinski definition) is 4. The van der Waals surface area contributed by atoms with Gasteiger partial charge in [0, 0.05) is 17.3 Å². The number of H-pyrrole nitrogens is 1. The highest BCUT2D eigenvalue weighted by atomic mass is 16.5. The lowest BCUT2D eigenvalue weighted by Gasteiger charge is -2.14. The molecule has 6 heteroatoms. The number of aliphatic hydroxyl groups excluding tert-OH is 1. The van der Waals surface area contributed by atoms with Crippen molar-refractivity contribution in [2.75, 3.05) is 0 Å². The van der Waals surface area contributed by atoms with E-state index in [1.54, 1.807) is 13.8 Å². The van der Waals surface area contributed by atoms with Crippen molar-refractivity contribution in [2.24, 2.45) is 0 Å². The summed E-state index contributed by atoms with van der Waals surface area (Å²) >= 11 is 0. The second-order valence-electron chi connectivity index (χ2n) is 4.19. The van der Waals surface area contributed by atoms with Gasteiger partial charge in [0.05, 0.1) is 6.10 Å². The molecule has 0 aromatic carbocycles. The lowest BCUT2D eigenvalue weighted by atomic mass is 10.1. The van der Waals surface area contributed by atoms with E-state index in [2.05, 4.69) is 11.6 Å². The van der Waals surface area contributed by atoms with Crippen molar-refractivity contribution in [3.8, 4) is 0 Å². The van der Waals surface area contributed by atoms with Crippen molar-refractivity contribution in [1.29, 1.82) is 0 Å². The van der Waals surface area contributed by atoms with E-state index in [1.807, 2.05) is 0 Å². The summed E-state index contributed by atoms with van der Waals surface area (Å²) in [5.74, 6) is 0. The van der Waals surface area contributed by atoms with Gasteiger partial charge >= 0.3 is 5.69 Å². The molecule has 0 radical (unpaired) electrons. The van der Waals surface area contributed by atoms with Crippen LogP contribution in [0.25, 0.3) is 0 Å². The largest absolute Gasteiger partial charge is 0.386 e. The van der Waals surface area contributed by atoms with Crippen LogP contribution in [0.15, 0.2) is 27.9 Å². The SMILES string of the molecule is C=C1[C@H](n2cc(C)c(=O)[nH]c2=O)O[C@H](C)[C@H]1O. The van der Waals surface area contributed by atoms with E-state index < -0.39 is 29.7 Å². The lowest BCUT2D eigenvalue weighted by molar-refractivity contribution is -0.00775. The highest BCUT2D eigenvalue weighted by Crippen LogP contribution is 2.31. The molecule has 1 aromatic rings. The third-order valence-electron chi connectivity index (χ3n) is 2.88. The maximum absolute atomic E-state index is 11.6. The van der Waals surface area contributed by atoms with Crippen LogP contribution in [0.2, 0.25) is 0 Å². The molecular formula is C11H14N2O4. The topological polar surface area (TPSA) is 84.3 Å². The zero-order valence-electron chi connectivity index (χ0n) is 9.64. The van der Waals surface area contributed by atoms with Crippen LogP contribution in [0.4, 0.5) is 0 Å². The van der Waals surface area contributed by atoms with Gasteiger partial charge in [0.15, 0.2) is 6.23 Å². The molecule has 3 atom stereocenters. The third-order valence-corrected chi connectivity index (χ3v) is 2.88. The zero-order valence-corrected chi connectivity index (χ0v) is 9.64. The molecule has 1 aromatic heterocycles. The van der Waals surface area contributed by atoms with Crippen molar-refractivity contribution in [3.63, 3.8) is 0 Å². The average molecular weight is 238 g/mol. The van der Waals surface area contributed by atoms with Gasteiger partial charge in [-0.1, -0.05) is 6.58 Å². The van der Waals surface area contributed by atoms with Crippen LogP contribution in [0.1, 0.15) is 18.7 Å². The second-order valence-corrected chi connectivity index (χ2v) is 4.19. The van der Waals surface area contributed by atoms with E-state index >= 15 is 0 Å². The first-order valence-electron chi connectivity index (χ1n) is 5.26. The Balaban J connectivity index is 2.49. The van der Waals surface area contributed by atoms with Crippen LogP contribution in [-0.2, 0) is 4.74 Å². The minimum absolute atomic E-state index is 0.398. The molecule has 0 amide bonds. The Kier molecular flexibility index (Phi) is 2.76. The van der Waals surface area contributed by atoms with Gasteiger partial charge in [0.2, 0.25) is 0 Å². The number of nitrogens with zero attached hydrogens (tertiary/aromatic N) is 1. The Bertz CT molecular complexity index is 572. The fourth-order valence-electron chi connectivity index (χ4n) is 1.82. The monoisotopic (exact) mass is 238 g/mol. The molecular weight excluding hydrogens is 224 g/mol. The summed E-state index contributed by atoms with van der Waals surface area (Å²) in [5.41, 5.74) is -0.197. The summed E-state index contributed by atoms with van der Waals surface area (Å²) < 4.78 is 6.67. The maximum Gasteiger partial charge on any atom is 0.330 e. The second kappa shape index (κ2) is 3.97. The predicted molar refractivity (Wildman–Crippen MR) is 60.8 cm³/mol. The molecule has 1 fully saturated rings. The molecule has 1 aliphatic rings. The standard InChI is InChI=1S/C11H14N2O4/c1-5-4-13(11(16)12-9(5)15)10-6(2)8(14)7(3)17-10/h4,7-8,10,14H,2H2,1,3H3,(H,12,15,16)/t7-,8+,10-/m1/s1. The van der Waals surface area contributed by atoms with Crippen LogP contribution in [0.5, 0.6) is 0 Å². The summed E-state index contributed by atoms with van der Waals surface area (Å²) in [7, 11) is 0. The van der Waals surface area contributed by atoms with Crippen molar-refractivity contribution in [1.82, 2.24) is 9.55 Å². The van der Waals surface area contributed by atoms with Crippen LogP contribution in [0.3, 0.4) is 0 Å². The van der Waals surface area contributed by atoms with E-state index in [-0.39, 0.29) is 0 Å². The molecule has 2 rings (SSSR count). The Labute approximate surface area is 97.2 Å². The maximum atomic E-state index is 11.6. The quantitative estimate of drug-likeness (QED) is 0.657. The molecule has 0 bridgehead atoms. The fraction of sp³-hybridized carbons (Fsp3) is 0.455. The zero-order chi connectivity index (χ0) is 12.7. The molecule has 1 aliphatic heterocycles. The Morgan fingerprint density at radius 2 is 2.18 bits per heavy atom. The van der Waals surface area contributed by atoms with E-state index in [0.29, 0.717) is 11.1 Å². The van der Waals surface area contributed by atoms with Gasteiger partial charge in [-0.2, -0.15) is 0 Å². The van der Waals surface area contributed by atoms with E-state index in [4.69, 9.17) is 4.74 Å². The molecule has 2 N–H and O–H groups in total. The van der Waals surface area contributed by atoms with Crippen molar-refractivity contribution in [2.45, 2.75) is 32.3 Å². The molecule has 92 valence electrons. The number of aromatic nitrogens is 2. The van der Waals surface area contributed by atoms with Crippen LogP contribution < -0.4 is 11.2 Å². The van der Waals surface area contributed by atoms with Gasteiger partial charge in [-0.15, -0.1) is 0 Å². The van der Waals surface area contributed by atoms with E-state index in [1.165, 1.54) is 10.8 Å². The van der Waals surface area contributed by atoms with Crippen molar-refractivity contribution in [3.05, 3.63) is 44.8 Å². The van der Waals surface area contributed by atoms with Gasteiger partial charge in [-0.05, 0) is 13.8 Å². The Morgan fingerprint density at radius 1 is 1.53 bits per heavy atom. The van der Waals surface area contributed by atoms with Gasteiger partial charge in [0.25, 0.3) is 5.56 Å². The van der Waals surface area contributed by atoms with Crippen molar-refractivity contribution >= 4 is 0 Å². The summed E-state index contributed by atoms with van der Waals surface area (Å²) in [4.78, 5) is 25.1. The summed E-state index contributed by atoms with van der Waals surface area (Å²) in [6, 6.07) is 0. The molecule has 2 heterocycles.